The second-order valence-corrected chi connectivity index (χ2v) is 3.46. The van der Waals surface area contributed by atoms with E-state index < -0.39 is 5.09 Å². The van der Waals surface area contributed by atoms with Crippen molar-refractivity contribution in [3.05, 3.63) is 64.2 Å². The zero-order chi connectivity index (χ0) is 12.1. The molecule has 17 heavy (non-hydrogen) atoms. The fourth-order valence-electron chi connectivity index (χ4n) is 1.54. The van der Waals surface area contributed by atoms with E-state index in [2.05, 4.69) is 9.92 Å². The molecule has 6 nitrogen and oxygen atoms in total. The molecular weight excluding hydrogens is 222 g/mol. The Labute approximate surface area is 97.5 Å². The maximum atomic E-state index is 10.2. The summed E-state index contributed by atoms with van der Waals surface area (Å²) in [6, 6.07) is 9.86. The Morgan fingerprint density at radius 2 is 2.06 bits per heavy atom. The van der Waals surface area contributed by atoms with Gasteiger partial charge in [0.05, 0.1) is 6.20 Å². The van der Waals surface area contributed by atoms with Gasteiger partial charge in [-0.3, -0.25) is 0 Å². The second-order valence-electron chi connectivity index (χ2n) is 3.46. The van der Waals surface area contributed by atoms with E-state index in [-0.39, 0.29) is 0 Å². The van der Waals surface area contributed by atoms with E-state index >= 15 is 0 Å². The van der Waals surface area contributed by atoms with Gasteiger partial charge in [0, 0.05) is 6.42 Å². The highest BCUT2D eigenvalue weighted by Gasteiger charge is 2.09. The largest absolute Gasteiger partial charge is 0.225 e. The molecule has 6 heteroatoms. The summed E-state index contributed by atoms with van der Waals surface area (Å²) in [6.07, 6.45) is 4.25. The minimum absolute atomic E-state index is 0.533. The molecule has 0 atom stereocenters. The summed E-state index contributed by atoms with van der Waals surface area (Å²) in [4.78, 5) is 18.6. The molecule has 0 N–H and O–H groups in total. The number of imidazole rings is 1. The number of nitrogens with zero attached hydrogens (tertiary/aromatic N) is 3. The van der Waals surface area contributed by atoms with Crippen LogP contribution in [0.25, 0.3) is 0 Å². The molecule has 0 aliphatic rings. The summed E-state index contributed by atoms with van der Waals surface area (Å²) in [5, 5.41) is 9.37. The monoisotopic (exact) mass is 233 g/mol. The van der Waals surface area contributed by atoms with Crippen LogP contribution in [0.5, 0.6) is 0 Å². The first kappa shape index (κ1) is 11.1. The predicted molar refractivity (Wildman–Crippen MR) is 59.7 cm³/mol. The Morgan fingerprint density at radius 1 is 1.29 bits per heavy atom. The van der Waals surface area contributed by atoms with Crippen LogP contribution in [-0.2, 0) is 12.8 Å². The zero-order valence-electron chi connectivity index (χ0n) is 9.02. The first-order valence-corrected chi connectivity index (χ1v) is 5.15. The van der Waals surface area contributed by atoms with Crippen molar-refractivity contribution < 1.29 is 10.0 Å². The third kappa shape index (κ3) is 3.04. The molecule has 0 amide bonds. The van der Waals surface area contributed by atoms with Crippen molar-refractivity contribution in [1.82, 2.24) is 9.71 Å². The van der Waals surface area contributed by atoms with Crippen LogP contribution in [0.3, 0.4) is 0 Å². The SMILES string of the molecule is O=[N+]([O-])On1ccnc1CCc1ccccc1. The van der Waals surface area contributed by atoms with Gasteiger partial charge >= 0.3 is 0 Å². The summed E-state index contributed by atoms with van der Waals surface area (Å²) < 4.78 is 1.07. The minimum atomic E-state index is -0.853. The molecule has 88 valence electrons. The summed E-state index contributed by atoms with van der Waals surface area (Å²) in [5.74, 6) is 0.533. The molecule has 1 heterocycles. The van der Waals surface area contributed by atoms with Crippen molar-refractivity contribution in [2.45, 2.75) is 12.8 Å². The van der Waals surface area contributed by atoms with Gasteiger partial charge in [-0.15, -0.1) is 0 Å². The Kier molecular flexibility index (Phi) is 3.34. The lowest BCUT2D eigenvalue weighted by Gasteiger charge is -2.02. The average molecular weight is 233 g/mol. The van der Waals surface area contributed by atoms with E-state index in [0.717, 1.165) is 16.7 Å². The van der Waals surface area contributed by atoms with Gasteiger partial charge in [-0.05, 0) is 12.0 Å². The van der Waals surface area contributed by atoms with Gasteiger partial charge in [0.1, 0.15) is 6.20 Å². The topological polar surface area (TPSA) is 70.2 Å². The highest BCUT2D eigenvalue weighted by atomic mass is 17.0. The zero-order valence-corrected chi connectivity index (χ0v) is 9.02. The first-order valence-electron chi connectivity index (χ1n) is 5.15. The lowest BCUT2D eigenvalue weighted by atomic mass is 10.1. The summed E-state index contributed by atoms with van der Waals surface area (Å²) in [7, 11) is 0. The summed E-state index contributed by atoms with van der Waals surface area (Å²) in [5.41, 5.74) is 1.16. The molecule has 1 aromatic carbocycles. The van der Waals surface area contributed by atoms with Crippen LogP contribution >= 0.6 is 0 Å². The van der Waals surface area contributed by atoms with Crippen LogP contribution in [0, 0.1) is 10.1 Å². The summed E-state index contributed by atoms with van der Waals surface area (Å²) >= 11 is 0. The third-order valence-electron chi connectivity index (χ3n) is 2.31. The Hall–Kier alpha value is -2.37. The molecular formula is C11H11N3O3. The molecule has 0 aliphatic carbocycles. The quantitative estimate of drug-likeness (QED) is 0.576. The Bertz CT molecular complexity index is 496. The third-order valence-corrected chi connectivity index (χ3v) is 2.31. The first-order chi connectivity index (χ1) is 8.25. The molecule has 1 aromatic heterocycles. The smallest absolute Gasteiger partial charge is 0.218 e. The highest BCUT2D eigenvalue weighted by molar-refractivity contribution is 5.15. The van der Waals surface area contributed by atoms with Crippen LogP contribution < -0.4 is 4.94 Å². The van der Waals surface area contributed by atoms with Gasteiger partial charge in [-0.2, -0.15) is 4.94 Å². The van der Waals surface area contributed by atoms with Gasteiger partial charge in [-0.1, -0.05) is 35.1 Å². The van der Waals surface area contributed by atoms with E-state index in [9.17, 15) is 10.1 Å². The molecule has 0 radical (unpaired) electrons. The Balaban J connectivity index is 2.00. The fourth-order valence-corrected chi connectivity index (χ4v) is 1.54. The van der Waals surface area contributed by atoms with Crippen molar-refractivity contribution in [3.63, 3.8) is 0 Å². The number of aryl methyl sites for hydroxylation is 2. The van der Waals surface area contributed by atoms with Crippen molar-refractivity contribution in [1.29, 1.82) is 0 Å². The number of benzene rings is 1. The highest BCUT2D eigenvalue weighted by Crippen LogP contribution is 2.05. The lowest BCUT2D eigenvalue weighted by Crippen LogP contribution is -2.19. The molecule has 2 aromatic rings. The molecule has 2 rings (SSSR count). The molecule has 0 spiro atoms. The van der Waals surface area contributed by atoms with Gasteiger partial charge in [0.25, 0.3) is 0 Å². The fraction of sp³-hybridized carbons (Fsp3) is 0.182. The van der Waals surface area contributed by atoms with E-state index in [0.29, 0.717) is 12.2 Å². The number of aromatic nitrogens is 2. The van der Waals surface area contributed by atoms with E-state index in [4.69, 9.17) is 0 Å². The van der Waals surface area contributed by atoms with Crippen molar-refractivity contribution in [3.8, 4) is 0 Å². The van der Waals surface area contributed by atoms with Gasteiger partial charge in [-0.25, -0.2) is 15.1 Å². The van der Waals surface area contributed by atoms with E-state index in [1.165, 1.54) is 12.4 Å². The predicted octanol–water partition coefficient (Wildman–Crippen LogP) is 1.29. The molecule has 0 unspecified atom stereocenters. The molecule has 0 fully saturated rings. The molecule has 0 saturated heterocycles. The maximum Gasteiger partial charge on any atom is 0.225 e. The van der Waals surface area contributed by atoms with Crippen LogP contribution in [0.2, 0.25) is 0 Å². The van der Waals surface area contributed by atoms with Crippen molar-refractivity contribution in [2.24, 2.45) is 0 Å². The van der Waals surface area contributed by atoms with Crippen LogP contribution in [0.1, 0.15) is 11.4 Å². The van der Waals surface area contributed by atoms with Crippen LogP contribution in [-0.4, -0.2) is 14.8 Å². The Morgan fingerprint density at radius 3 is 2.76 bits per heavy atom. The average Bonchev–Trinajstić information content (AvgIpc) is 2.74. The molecule has 0 aliphatic heterocycles. The summed E-state index contributed by atoms with van der Waals surface area (Å²) in [6.45, 7) is 0. The van der Waals surface area contributed by atoms with Gasteiger partial charge in [0.15, 0.2) is 5.09 Å². The van der Waals surface area contributed by atoms with Crippen molar-refractivity contribution in [2.75, 3.05) is 0 Å². The van der Waals surface area contributed by atoms with Crippen LogP contribution in [0.4, 0.5) is 0 Å². The second kappa shape index (κ2) is 5.11. The molecule has 0 bridgehead atoms. The maximum absolute atomic E-state index is 10.2. The van der Waals surface area contributed by atoms with Crippen molar-refractivity contribution >= 4 is 0 Å². The molecule has 0 saturated carbocycles. The van der Waals surface area contributed by atoms with Gasteiger partial charge < -0.3 is 0 Å². The lowest BCUT2D eigenvalue weighted by molar-refractivity contribution is -0.749. The van der Waals surface area contributed by atoms with E-state index in [1.807, 2.05) is 30.3 Å². The normalized spacial score (nSPS) is 10.1. The minimum Gasteiger partial charge on any atom is -0.218 e. The van der Waals surface area contributed by atoms with Crippen LogP contribution in [0.15, 0.2) is 42.7 Å². The number of hydrogen-bond donors (Lipinski definition) is 0. The van der Waals surface area contributed by atoms with Gasteiger partial charge in [0.2, 0.25) is 5.82 Å². The number of rotatable bonds is 5. The number of hydrogen-bond acceptors (Lipinski definition) is 4. The van der Waals surface area contributed by atoms with E-state index in [1.54, 1.807) is 0 Å². The standard InChI is InChI=1S/C11H11N3O3/c15-14(16)17-13-9-8-12-11(13)7-6-10-4-2-1-3-5-10/h1-5,8-9H,6-7H2.